The maximum Gasteiger partial charge on any atom is 0.414 e. The average Bonchev–Trinajstić information content (AvgIpc) is 3.38. The zero-order valence-corrected chi connectivity index (χ0v) is 39.7. The minimum absolute atomic E-state index is 0.00183. The second-order valence-electron chi connectivity index (χ2n) is 18.1. The third-order valence-electron chi connectivity index (χ3n) is 12.8. The highest BCUT2D eigenvalue weighted by Crippen LogP contribution is 2.35. The topological polar surface area (TPSA) is 218 Å². The third kappa shape index (κ3) is 14.8. The number of carbonyl (C=O) groups is 7. The lowest BCUT2D eigenvalue weighted by Crippen LogP contribution is -2.58. The van der Waals surface area contributed by atoms with Crippen molar-refractivity contribution < 1.29 is 38.3 Å². The summed E-state index contributed by atoms with van der Waals surface area (Å²) >= 11 is 0. The Balaban J connectivity index is 1.16. The standard InChI is InChI=1S/C56H61N7O8/c57-30-9-15-39-18-22-43(23-19-39)44-24-20-40(21-25-44)33-48-52(67)59-36-46-17-8-7-16-45(46)34-50(65)60-47(53(68)62-55(70)71-37-42-13-5-2-6-14-42)28-31-58-49(64)26-27-51(66)63-32-10-29-56(38-63,54(69)61-48)35-41-11-3-1-4-12-41/h1-8,11-14,16-27,47-48H,9-10,15,28-38,57H2,(H,58,64)(H,59,67)(H,60,65)(H,61,69)(H,62,68,70)/b27-26+/t47-,48-,56-/m0/s1. The lowest BCUT2D eigenvalue weighted by atomic mass is 9.74. The van der Waals surface area contributed by atoms with Crippen LogP contribution in [0.15, 0.2) is 146 Å². The number of alkyl carbamates (subject to hydrolysis) is 1. The minimum Gasteiger partial charge on any atom is -0.444 e. The SMILES string of the molecule is NCCCc1ccc(-c2ccc(C[C@@H]3NC(=O)[C@]4(Cc5ccccc5)CCCN(C4)C(=O)/C=C/C(=O)NCC[C@@H](C(=O)NC(=O)OCc4ccccc4)NC(=O)Cc4ccccc4CNC3=O)cc2)cc1. The Bertz CT molecular complexity index is 2680. The third-order valence-corrected chi connectivity index (χ3v) is 12.8. The molecule has 0 unspecified atom stereocenters. The Morgan fingerprint density at radius 2 is 1.37 bits per heavy atom. The van der Waals surface area contributed by atoms with Crippen LogP contribution in [0.2, 0.25) is 0 Å². The van der Waals surface area contributed by atoms with Crippen molar-refractivity contribution in [2.45, 2.75) is 76.6 Å². The molecule has 15 nitrogen and oxygen atoms in total. The fraction of sp³-hybridized carbons (Fsp3) is 0.304. The van der Waals surface area contributed by atoms with Crippen molar-refractivity contribution in [2.75, 3.05) is 26.2 Å². The Labute approximate surface area is 414 Å². The summed E-state index contributed by atoms with van der Waals surface area (Å²) in [6.07, 6.45) is 4.05. The van der Waals surface area contributed by atoms with Crippen LogP contribution in [0.4, 0.5) is 4.79 Å². The molecule has 7 rings (SSSR count). The fourth-order valence-electron chi connectivity index (χ4n) is 8.97. The van der Waals surface area contributed by atoms with E-state index in [-0.39, 0.29) is 57.8 Å². The lowest BCUT2D eigenvalue weighted by molar-refractivity contribution is -0.141. The van der Waals surface area contributed by atoms with Gasteiger partial charge in [0.15, 0.2) is 0 Å². The van der Waals surface area contributed by atoms with Gasteiger partial charge < -0.3 is 36.6 Å². The van der Waals surface area contributed by atoms with E-state index in [1.165, 1.54) is 5.56 Å². The van der Waals surface area contributed by atoms with Crippen LogP contribution in [0, 0.1) is 5.41 Å². The minimum atomic E-state index is -1.28. The summed E-state index contributed by atoms with van der Waals surface area (Å²) in [6, 6.07) is 39.3. The molecule has 5 aromatic rings. The van der Waals surface area contributed by atoms with E-state index in [0.29, 0.717) is 42.6 Å². The van der Waals surface area contributed by atoms with Gasteiger partial charge in [-0.1, -0.05) is 133 Å². The first-order chi connectivity index (χ1) is 34.5. The molecule has 0 aliphatic carbocycles. The monoisotopic (exact) mass is 959 g/mol. The highest BCUT2D eigenvalue weighted by atomic mass is 16.5. The Morgan fingerprint density at radius 1 is 0.718 bits per heavy atom. The summed E-state index contributed by atoms with van der Waals surface area (Å²) in [5.41, 5.74) is 11.4. The number of hydrogen-bond donors (Lipinski definition) is 6. The summed E-state index contributed by atoms with van der Waals surface area (Å²) in [7, 11) is 0. The van der Waals surface area contributed by atoms with E-state index in [1.807, 2.05) is 60.7 Å². The lowest BCUT2D eigenvalue weighted by Gasteiger charge is -2.42. The van der Waals surface area contributed by atoms with Crippen molar-refractivity contribution in [3.8, 4) is 11.1 Å². The van der Waals surface area contributed by atoms with E-state index in [4.69, 9.17) is 10.5 Å². The first-order valence-corrected chi connectivity index (χ1v) is 24.1. The quantitative estimate of drug-likeness (QED) is 0.105. The van der Waals surface area contributed by atoms with Crippen LogP contribution < -0.4 is 32.3 Å². The number of nitrogens with one attached hydrogen (secondary N) is 5. The largest absolute Gasteiger partial charge is 0.444 e. The molecule has 2 bridgehead atoms. The Morgan fingerprint density at radius 3 is 2.06 bits per heavy atom. The van der Waals surface area contributed by atoms with Gasteiger partial charge in [0, 0.05) is 44.8 Å². The predicted octanol–water partition coefficient (Wildman–Crippen LogP) is 5.00. The van der Waals surface area contributed by atoms with Crippen LogP contribution in [0.1, 0.15) is 59.1 Å². The zero-order valence-electron chi connectivity index (χ0n) is 39.7. The molecule has 368 valence electrons. The predicted molar refractivity (Wildman–Crippen MR) is 269 cm³/mol. The molecule has 0 spiro atoms. The number of ether oxygens (including phenoxy) is 1. The van der Waals surface area contributed by atoms with Crippen molar-refractivity contribution in [1.29, 1.82) is 0 Å². The molecule has 2 heterocycles. The number of amides is 7. The first-order valence-electron chi connectivity index (χ1n) is 24.1. The summed E-state index contributed by atoms with van der Waals surface area (Å²) < 4.78 is 5.24. The van der Waals surface area contributed by atoms with E-state index in [2.05, 4.69) is 50.8 Å². The second-order valence-corrected chi connectivity index (χ2v) is 18.1. The maximum absolute atomic E-state index is 15.0. The van der Waals surface area contributed by atoms with Gasteiger partial charge in [-0.15, -0.1) is 0 Å². The molecule has 5 aromatic carbocycles. The van der Waals surface area contributed by atoms with Crippen LogP contribution in [0.3, 0.4) is 0 Å². The number of piperidine rings is 1. The summed E-state index contributed by atoms with van der Waals surface area (Å²) in [5, 5.41) is 13.7. The van der Waals surface area contributed by atoms with Gasteiger partial charge in [0.05, 0.1) is 11.8 Å². The van der Waals surface area contributed by atoms with Gasteiger partial charge in [-0.2, -0.15) is 0 Å². The average molecular weight is 960 g/mol. The number of rotatable bonds is 11. The van der Waals surface area contributed by atoms with Crippen LogP contribution >= 0.6 is 0 Å². The van der Waals surface area contributed by atoms with Crippen molar-refractivity contribution in [3.63, 3.8) is 0 Å². The molecule has 3 atom stereocenters. The molecule has 2 aliphatic rings. The Kier molecular flexibility index (Phi) is 18.0. The van der Waals surface area contributed by atoms with Crippen LogP contribution in [-0.2, 0) is 72.3 Å². The molecule has 1 saturated heterocycles. The van der Waals surface area contributed by atoms with Crippen molar-refractivity contribution >= 4 is 41.5 Å². The number of aryl methyl sites for hydroxylation is 1. The zero-order chi connectivity index (χ0) is 50.0. The van der Waals surface area contributed by atoms with Crippen molar-refractivity contribution in [1.82, 2.24) is 31.5 Å². The van der Waals surface area contributed by atoms with E-state index in [0.717, 1.165) is 47.2 Å². The Hall–Kier alpha value is -7.91. The molecule has 71 heavy (non-hydrogen) atoms. The smallest absolute Gasteiger partial charge is 0.414 e. The van der Waals surface area contributed by atoms with Crippen LogP contribution in [0.25, 0.3) is 11.1 Å². The van der Waals surface area contributed by atoms with Gasteiger partial charge in [0.1, 0.15) is 18.7 Å². The number of fused-ring (bicyclic) bond motifs is 3. The van der Waals surface area contributed by atoms with Crippen molar-refractivity contribution in [3.05, 3.63) is 179 Å². The van der Waals surface area contributed by atoms with Gasteiger partial charge in [0.25, 0.3) is 5.91 Å². The van der Waals surface area contributed by atoms with E-state index in [1.54, 1.807) is 53.4 Å². The molecule has 0 aromatic heterocycles. The molecule has 2 aliphatic heterocycles. The summed E-state index contributed by atoms with van der Waals surface area (Å²) in [6.45, 7) is 0.790. The molecule has 0 radical (unpaired) electrons. The van der Waals surface area contributed by atoms with E-state index < -0.39 is 53.1 Å². The highest BCUT2D eigenvalue weighted by Gasteiger charge is 2.44. The maximum atomic E-state index is 15.0. The van der Waals surface area contributed by atoms with E-state index >= 15 is 0 Å². The summed E-state index contributed by atoms with van der Waals surface area (Å²) in [4.78, 5) is 97.8. The molecule has 7 N–H and O–H groups in total. The van der Waals surface area contributed by atoms with Gasteiger partial charge in [0.2, 0.25) is 29.5 Å². The molecular formula is C56H61N7O8. The number of carbonyl (C=O) groups excluding carboxylic acids is 7. The highest BCUT2D eigenvalue weighted by molar-refractivity contribution is 5.98. The normalized spacial score (nSPS) is 19.8. The molecule has 7 amide bonds. The van der Waals surface area contributed by atoms with Crippen molar-refractivity contribution in [2.24, 2.45) is 11.1 Å². The van der Waals surface area contributed by atoms with Crippen LogP contribution in [0.5, 0.6) is 0 Å². The first kappa shape index (κ1) is 51.0. The number of imide groups is 1. The van der Waals surface area contributed by atoms with Gasteiger partial charge >= 0.3 is 6.09 Å². The van der Waals surface area contributed by atoms with Crippen LogP contribution in [-0.4, -0.2) is 84.7 Å². The second kappa shape index (κ2) is 25.1. The summed E-state index contributed by atoms with van der Waals surface area (Å²) in [5.74, 6) is -3.38. The fourth-order valence-corrected chi connectivity index (χ4v) is 8.97. The molecule has 1 fully saturated rings. The van der Waals surface area contributed by atoms with Gasteiger partial charge in [-0.05, 0) is 89.6 Å². The van der Waals surface area contributed by atoms with E-state index in [9.17, 15) is 33.6 Å². The van der Waals surface area contributed by atoms with Gasteiger partial charge in [-0.3, -0.25) is 34.1 Å². The molecule has 15 heteroatoms. The molecular weight excluding hydrogens is 899 g/mol. The number of benzene rings is 5. The molecule has 0 saturated carbocycles. The van der Waals surface area contributed by atoms with Gasteiger partial charge in [-0.25, -0.2) is 4.79 Å². The number of nitrogens with two attached hydrogens (primary N) is 1. The number of hydrogen-bond acceptors (Lipinski definition) is 9. The number of nitrogens with zero attached hydrogens (tertiary/aromatic N) is 1.